The van der Waals surface area contributed by atoms with Crippen LogP contribution in [0.2, 0.25) is 10.0 Å². The lowest BCUT2D eigenvalue weighted by molar-refractivity contribution is -0.139. The quantitative estimate of drug-likeness (QED) is 0.100. The van der Waals surface area contributed by atoms with Gasteiger partial charge in [0.2, 0.25) is 11.8 Å². The van der Waals surface area contributed by atoms with Crippen LogP contribution in [0, 0.1) is 50.4 Å². The van der Waals surface area contributed by atoms with E-state index in [2.05, 4.69) is 99.1 Å². The number of likely N-dealkylation sites (tertiary alicyclic amines) is 1. The number of nitrogen functional groups attached to an aromatic ring is 5. The highest BCUT2D eigenvalue weighted by Gasteiger charge is 2.41. The number of pyridine rings is 5. The lowest BCUT2D eigenvalue weighted by Crippen LogP contribution is -2.50. The molecule has 24 nitrogen and oxygen atoms in total. The van der Waals surface area contributed by atoms with Crippen molar-refractivity contribution in [3.8, 4) is 0 Å². The fourth-order valence-corrected chi connectivity index (χ4v) is 17.6. The van der Waals surface area contributed by atoms with Crippen LogP contribution in [0.3, 0.4) is 0 Å². The molecule has 2 amide bonds. The molecule has 10 aliphatic rings. The standard InChI is InChI=1S/C19H27ClN4O.C16H24ClN5O.C13H20N4.C11H18N4.C11H17N3O2S.CH4/c20-16-11-22-12-17(21)18(16)23-8-6-14(7-9-23)19(25)24-10-5-13-1-3-15(24)4-2-13;1-20-6-8-22(9-7-20)16(23)12-2-4-21(5-3-12)15-13(17)10-19-11-14(15)18;1-9-3-15-4-12(14)13(9)17-7-10-5-16(2)6-11(10)8-17;1-9-7-13-8-10(12)11(9)15-5-3-14(2)4-6-15;1-8-5-13-6-10(12)11(8)14-4-3-9(7-14)17(2,15)16;/h11-15H,1-10,21H2;10-12H,2-9,18H2,1H3;3-4,10-11H,5-8,14H2,1-2H3;7-8H,3-6,12H2,1-2H3;5-6,9H,3-4,7,12H2,1-2H3;1H4. The number of rotatable bonds is 8. The third-order valence-electron chi connectivity index (χ3n) is 21.5. The predicted octanol–water partition coefficient (Wildman–Crippen LogP) is 7.56. The fraction of sp³-hybridized carbons (Fsp3) is 0.620. The van der Waals surface area contributed by atoms with Gasteiger partial charge in [0, 0.05) is 179 Å². The Labute approximate surface area is 592 Å². The van der Waals surface area contributed by atoms with Crippen molar-refractivity contribution in [2.75, 3.05) is 205 Å². The molecule has 538 valence electrons. The fourth-order valence-electron chi connectivity index (χ4n) is 16.1. The number of piperazine rings is 2. The van der Waals surface area contributed by atoms with Crippen LogP contribution in [0.4, 0.5) is 56.9 Å². The number of anilines is 10. The van der Waals surface area contributed by atoms with Gasteiger partial charge < -0.3 is 77.7 Å². The molecule has 98 heavy (non-hydrogen) atoms. The largest absolute Gasteiger partial charge is 0.396 e. The maximum Gasteiger partial charge on any atom is 0.226 e. The van der Waals surface area contributed by atoms with Gasteiger partial charge in [0.15, 0.2) is 9.84 Å². The minimum atomic E-state index is -2.97. The van der Waals surface area contributed by atoms with Gasteiger partial charge in [-0.25, -0.2) is 8.42 Å². The van der Waals surface area contributed by atoms with Crippen molar-refractivity contribution in [1.29, 1.82) is 0 Å². The Balaban J connectivity index is 0.000000145. The summed E-state index contributed by atoms with van der Waals surface area (Å²) in [6, 6.07) is 0.495. The Morgan fingerprint density at radius 1 is 0.408 bits per heavy atom. The highest BCUT2D eigenvalue weighted by Crippen LogP contribution is 2.41. The molecule has 1 aliphatic carbocycles. The number of piperidine rings is 2. The summed E-state index contributed by atoms with van der Waals surface area (Å²) in [7, 11) is 3.50. The minimum absolute atomic E-state index is 0. The molecule has 0 spiro atoms. The smallest absolute Gasteiger partial charge is 0.226 e. The molecule has 5 aromatic heterocycles. The molecule has 5 aromatic rings. The van der Waals surface area contributed by atoms with Crippen LogP contribution >= 0.6 is 23.2 Å². The van der Waals surface area contributed by atoms with E-state index in [1.165, 1.54) is 68.3 Å². The number of fused-ring (bicyclic) bond motifs is 5. The van der Waals surface area contributed by atoms with Crippen LogP contribution in [0.15, 0.2) is 62.0 Å². The molecule has 2 bridgehead atoms. The maximum absolute atomic E-state index is 13.1. The number of hydrogen-bond donors (Lipinski definition) is 5. The zero-order valence-corrected chi connectivity index (χ0v) is 60.5. The Hall–Kier alpha value is -6.90. The molecule has 15 rings (SSSR count). The summed E-state index contributed by atoms with van der Waals surface area (Å²) in [6.07, 6.45) is 28.8. The minimum Gasteiger partial charge on any atom is -0.396 e. The second kappa shape index (κ2) is 34.0. The summed E-state index contributed by atoms with van der Waals surface area (Å²) in [4.78, 5) is 68.6. The number of carbonyl (C=O) groups excluding carboxylic acids is 2. The van der Waals surface area contributed by atoms with Crippen LogP contribution in [0.1, 0.15) is 88.3 Å². The first-order valence-corrected chi connectivity index (χ1v) is 37.6. The van der Waals surface area contributed by atoms with Crippen LogP contribution in [0.25, 0.3) is 0 Å². The number of aromatic nitrogens is 5. The molecule has 0 radical (unpaired) electrons. The van der Waals surface area contributed by atoms with E-state index < -0.39 is 9.84 Å². The monoisotopic (exact) mass is 1410 g/mol. The SMILES string of the molecule is C.CN1CCN(C(=O)C2CCN(c3c(N)cncc3Cl)CC2)CC1.Cc1cncc(N)c1N1CC2CN(C)CC2C1.Cc1cncc(N)c1N1CCC(S(C)(=O)=O)C1.Cc1cncc(N)c1N1CCN(C)CC1.Nc1cncc(Cl)c1N1CCC(C(=O)N2CCC3CCC2CC3)CC1. The van der Waals surface area contributed by atoms with Gasteiger partial charge in [-0.15, -0.1) is 0 Å². The third-order valence-corrected chi connectivity index (χ3v) is 23.7. The number of carbonyl (C=O) groups is 2. The molecular weight excluding hydrogens is 1300 g/mol. The molecule has 3 unspecified atom stereocenters. The van der Waals surface area contributed by atoms with Crippen molar-refractivity contribution in [2.45, 2.75) is 104 Å². The molecule has 9 aliphatic heterocycles. The van der Waals surface area contributed by atoms with Gasteiger partial charge in [-0.05, 0) is 141 Å². The Kier molecular flexibility index (Phi) is 26.1. The Bertz CT molecular complexity index is 3460. The summed E-state index contributed by atoms with van der Waals surface area (Å²) in [6.45, 7) is 24.2. The van der Waals surface area contributed by atoms with Crippen molar-refractivity contribution < 1.29 is 18.0 Å². The van der Waals surface area contributed by atoms with Gasteiger partial charge in [-0.1, -0.05) is 30.6 Å². The molecule has 3 atom stereocenters. The topological polar surface area (TPSA) is 295 Å². The average Bonchev–Trinajstić information content (AvgIpc) is 1.59. The van der Waals surface area contributed by atoms with E-state index in [0.717, 1.165) is 188 Å². The zero-order chi connectivity index (χ0) is 69.2. The molecule has 14 heterocycles. The first-order valence-electron chi connectivity index (χ1n) is 34.9. The van der Waals surface area contributed by atoms with Gasteiger partial charge in [-0.2, -0.15) is 0 Å². The third kappa shape index (κ3) is 18.5. The molecule has 10 N–H and O–H groups in total. The number of amides is 2. The summed E-state index contributed by atoms with van der Waals surface area (Å²) < 4.78 is 23.0. The Morgan fingerprint density at radius 2 is 0.786 bits per heavy atom. The summed E-state index contributed by atoms with van der Waals surface area (Å²) in [5.74, 6) is 3.45. The van der Waals surface area contributed by atoms with Crippen LogP contribution in [0.5, 0.6) is 0 Å². The Morgan fingerprint density at radius 3 is 1.20 bits per heavy atom. The van der Waals surface area contributed by atoms with Crippen LogP contribution in [-0.2, 0) is 19.4 Å². The second-order valence-electron chi connectivity index (χ2n) is 28.6. The summed E-state index contributed by atoms with van der Waals surface area (Å²) in [5.41, 5.74) is 41.8. The van der Waals surface area contributed by atoms with E-state index >= 15 is 0 Å². The number of halogens is 2. The van der Waals surface area contributed by atoms with Crippen LogP contribution < -0.4 is 53.2 Å². The highest BCUT2D eigenvalue weighted by molar-refractivity contribution is 7.91. The van der Waals surface area contributed by atoms with E-state index in [9.17, 15) is 18.0 Å². The van der Waals surface area contributed by atoms with E-state index in [4.69, 9.17) is 51.9 Å². The van der Waals surface area contributed by atoms with Crippen molar-refractivity contribution in [1.82, 2.24) is 49.4 Å². The van der Waals surface area contributed by atoms with E-state index in [-0.39, 0.29) is 24.5 Å². The summed E-state index contributed by atoms with van der Waals surface area (Å²) in [5, 5.41) is 0.887. The molecule has 27 heteroatoms. The van der Waals surface area contributed by atoms with E-state index in [1.807, 2.05) is 29.1 Å². The molecule has 0 aromatic carbocycles. The molecule has 10 fully saturated rings. The normalized spacial score (nSPS) is 23.2. The van der Waals surface area contributed by atoms with Gasteiger partial charge in [0.1, 0.15) is 0 Å². The average molecular weight is 1410 g/mol. The van der Waals surface area contributed by atoms with Crippen molar-refractivity contribution in [3.63, 3.8) is 0 Å². The van der Waals surface area contributed by atoms with Crippen molar-refractivity contribution >= 4 is 102 Å². The number of sulfone groups is 1. The number of nitrogens with zero attached hydrogens (tertiary/aromatic N) is 15. The van der Waals surface area contributed by atoms with Gasteiger partial charge in [-0.3, -0.25) is 34.5 Å². The number of aryl methyl sites for hydroxylation is 3. The van der Waals surface area contributed by atoms with E-state index in [1.54, 1.807) is 49.6 Å². The highest BCUT2D eigenvalue weighted by atomic mass is 35.5. The molecule has 1 saturated carbocycles. The number of hydrogen-bond acceptors (Lipinski definition) is 22. The predicted molar refractivity (Wildman–Crippen MR) is 402 cm³/mol. The van der Waals surface area contributed by atoms with Crippen LogP contribution in [-0.4, -0.2) is 233 Å². The zero-order valence-electron chi connectivity index (χ0n) is 58.2. The lowest BCUT2D eigenvalue weighted by atomic mass is 9.86. The number of likely N-dealkylation sites (N-methyl/N-ethyl adjacent to an activating group) is 2. The first-order chi connectivity index (χ1) is 46.4. The maximum atomic E-state index is 13.1. The van der Waals surface area contributed by atoms with Gasteiger partial charge in [0.25, 0.3) is 0 Å². The first kappa shape index (κ1) is 75.3. The van der Waals surface area contributed by atoms with E-state index in [0.29, 0.717) is 57.9 Å². The molecule has 9 saturated heterocycles. The van der Waals surface area contributed by atoms with Gasteiger partial charge >= 0.3 is 0 Å². The lowest BCUT2D eigenvalue weighted by Gasteiger charge is -2.38. The number of nitrogens with two attached hydrogens (primary N) is 5. The molecular formula is C71H110Cl2N20O4S. The van der Waals surface area contributed by atoms with Gasteiger partial charge in [0.05, 0.1) is 103 Å². The summed E-state index contributed by atoms with van der Waals surface area (Å²) >= 11 is 12.5. The second-order valence-corrected chi connectivity index (χ2v) is 31.7. The van der Waals surface area contributed by atoms with Crippen molar-refractivity contribution in [3.05, 3.63) is 88.7 Å². The van der Waals surface area contributed by atoms with Crippen molar-refractivity contribution in [2.24, 2.45) is 29.6 Å².